The summed E-state index contributed by atoms with van der Waals surface area (Å²) in [5.41, 5.74) is 0.119. The Morgan fingerprint density at radius 2 is 1.82 bits per heavy atom. The fourth-order valence-electron chi connectivity index (χ4n) is 2.85. The summed E-state index contributed by atoms with van der Waals surface area (Å²) >= 11 is 0. The van der Waals surface area contributed by atoms with Crippen LogP contribution < -0.4 is 5.32 Å². The molecular weight excluding hydrogens is 439 g/mol. The molecule has 0 fully saturated rings. The van der Waals surface area contributed by atoms with E-state index < -0.39 is 23.8 Å². The highest BCUT2D eigenvalue weighted by Gasteiger charge is 2.31. The summed E-state index contributed by atoms with van der Waals surface area (Å²) < 4.78 is 49.3. The van der Waals surface area contributed by atoms with Crippen LogP contribution in [0.4, 0.5) is 24.8 Å². The Hall–Kier alpha value is -4.28. The number of anilines is 2. The molecule has 0 bridgehead atoms. The van der Waals surface area contributed by atoms with Crippen molar-refractivity contribution in [2.45, 2.75) is 19.2 Å². The summed E-state index contributed by atoms with van der Waals surface area (Å²) in [6, 6.07) is 12.7. The topological polar surface area (TPSA) is 103 Å². The van der Waals surface area contributed by atoms with Crippen molar-refractivity contribution in [2.75, 3.05) is 5.32 Å². The lowest BCUT2D eigenvalue weighted by molar-refractivity contribution is -0.137. The fourth-order valence-corrected chi connectivity index (χ4v) is 2.85. The summed E-state index contributed by atoms with van der Waals surface area (Å²) in [7, 11) is 0. The predicted octanol–water partition coefficient (Wildman–Crippen LogP) is 5.21. The van der Waals surface area contributed by atoms with Gasteiger partial charge in [-0.05, 0) is 43.3 Å². The van der Waals surface area contributed by atoms with Crippen LogP contribution >= 0.6 is 0 Å². The summed E-state index contributed by atoms with van der Waals surface area (Å²) in [6.07, 6.45) is -2.28. The average Bonchev–Trinajstić information content (AvgIpc) is 3.30. The Labute approximate surface area is 185 Å². The first kappa shape index (κ1) is 21.9. The van der Waals surface area contributed by atoms with E-state index in [9.17, 15) is 18.0 Å². The van der Waals surface area contributed by atoms with Crippen molar-refractivity contribution in [1.82, 2.24) is 20.1 Å². The number of halogens is 3. The lowest BCUT2D eigenvalue weighted by Gasteiger charge is -2.10. The number of carbonyl (C=O) groups is 1. The van der Waals surface area contributed by atoms with Gasteiger partial charge < -0.3 is 14.6 Å². The van der Waals surface area contributed by atoms with Gasteiger partial charge in [-0.15, -0.1) is 0 Å². The lowest BCUT2D eigenvalue weighted by atomic mass is 10.1. The summed E-state index contributed by atoms with van der Waals surface area (Å²) in [5.74, 6) is -0.390. The van der Waals surface area contributed by atoms with Crippen molar-refractivity contribution < 1.29 is 27.2 Å². The number of carbonyl (C=O) groups excluding carboxylic acids is 1. The highest BCUT2D eigenvalue weighted by molar-refractivity contribution is 5.90. The van der Waals surface area contributed by atoms with Crippen LogP contribution in [0.3, 0.4) is 0 Å². The van der Waals surface area contributed by atoms with Crippen molar-refractivity contribution in [3.63, 3.8) is 0 Å². The second kappa shape index (κ2) is 9.07. The molecule has 168 valence electrons. The summed E-state index contributed by atoms with van der Waals surface area (Å²) in [4.78, 5) is 24.7. The van der Waals surface area contributed by atoms with E-state index in [1.165, 1.54) is 19.1 Å². The zero-order valence-electron chi connectivity index (χ0n) is 17.1. The first-order chi connectivity index (χ1) is 15.8. The molecule has 2 heterocycles. The molecule has 33 heavy (non-hydrogen) atoms. The quantitative estimate of drug-likeness (QED) is 0.396. The molecule has 0 radical (unpaired) electrons. The number of nitrogens with one attached hydrogen (secondary N) is 1. The van der Waals surface area contributed by atoms with Gasteiger partial charge in [0.25, 0.3) is 5.89 Å². The molecule has 0 saturated heterocycles. The van der Waals surface area contributed by atoms with Crippen LogP contribution in [0.15, 0.2) is 71.5 Å². The molecule has 0 aliphatic rings. The highest BCUT2D eigenvalue weighted by Crippen LogP contribution is 2.32. The van der Waals surface area contributed by atoms with E-state index in [4.69, 9.17) is 9.26 Å². The minimum atomic E-state index is -4.50. The van der Waals surface area contributed by atoms with E-state index in [2.05, 4.69) is 25.4 Å². The third-order valence-corrected chi connectivity index (χ3v) is 4.44. The minimum Gasteiger partial charge on any atom is -0.449 e. The number of esters is 1. The van der Waals surface area contributed by atoms with Crippen molar-refractivity contribution in [1.29, 1.82) is 0 Å². The normalized spacial score (nSPS) is 12.2. The van der Waals surface area contributed by atoms with Gasteiger partial charge in [-0.1, -0.05) is 23.4 Å². The van der Waals surface area contributed by atoms with Crippen LogP contribution in [0.2, 0.25) is 0 Å². The SMILES string of the molecule is C[C@@H](OC(=O)c1cccc(Nc2ncccn2)c1)c1nc(-c2cccc(C(F)(F)F)c2)no1. The van der Waals surface area contributed by atoms with Gasteiger partial charge in [0.1, 0.15) is 0 Å². The molecule has 2 aromatic heterocycles. The smallest absolute Gasteiger partial charge is 0.416 e. The van der Waals surface area contributed by atoms with Crippen LogP contribution in [0.5, 0.6) is 0 Å². The Balaban J connectivity index is 1.45. The van der Waals surface area contributed by atoms with Crippen LogP contribution in [-0.4, -0.2) is 26.1 Å². The molecule has 8 nitrogen and oxygen atoms in total. The molecular formula is C22H16F3N5O3. The number of alkyl halides is 3. The first-order valence-electron chi connectivity index (χ1n) is 9.66. The average molecular weight is 455 g/mol. The second-order valence-electron chi connectivity index (χ2n) is 6.86. The molecule has 0 aliphatic heterocycles. The van der Waals surface area contributed by atoms with Crippen LogP contribution in [0.25, 0.3) is 11.4 Å². The molecule has 11 heteroatoms. The van der Waals surface area contributed by atoms with Gasteiger partial charge in [-0.25, -0.2) is 14.8 Å². The van der Waals surface area contributed by atoms with Gasteiger partial charge in [0.05, 0.1) is 11.1 Å². The van der Waals surface area contributed by atoms with Gasteiger partial charge in [0.2, 0.25) is 11.8 Å². The Kier molecular flexibility index (Phi) is 6.03. The molecule has 4 aromatic rings. The first-order valence-corrected chi connectivity index (χ1v) is 9.66. The fraction of sp³-hybridized carbons (Fsp3) is 0.136. The summed E-state index contributed by atoms with van der Waals surface area (Å²) in [5, 5.41) is 6.67. The van der Waals surface area contributed by atoms with Crippen molar-refractivity contribution in [3.8, 4) is 11.4 Å². The lowest BCUT2D eigenvalue weighted by Crippen LogP contribution is -2.10. The molecule has 0 saturated carbocycles. The maximum Gasteiger partial charge on any atom is 0.416 e. The minimum absolute atomic E-state index is 0.0481. The number of nitrogens with zero attached hydrogens (tertiary/aromatic N) is 4. The van der Waals surface area contributed by atoms with Gasteiger partial charge >= 0.3 is 12.1 Å². The number of ether oxygens (including phenoxy) is 1. The third kappa shape index (κ3) is 5.32. The van der Waals surface area contributed by atoms with Gasteiger partial charge in [0, 0.05) is 23.6 Å². The number of hydrogen-bond donors (Lipinski definition) is 1. The molecule has 0 unspecified atom stereocenters. The number of aromatic nitrogens is 4. The van der Waals surface area contributed by atoms with Gasteiger partial charge in [0.15, 0.2) is 6.10 Å². The number of rotatable bonds is 6. The van der Waals surface area contributed by atoms with Crippen molar-refractivity contribution >= 4 is 17.6 Å². The van der Waals surface area contributed by atoms with Gasteiger partial charge in [-0.3, -0.25) is 0 Å². The van der Waals surface area contributed by atoms with Crippen LogP contribution in [0.1, 0.15) is 34.8 Å². The highest BCUT2D eigenvalue weighted by atomic mass is 19.4. The Morgan fingerprint density at radius 1 is 1.06 bits per heavy atom. The third-order valence-electron chi connectivity index (χ3n) is 4.44. The maximum atomic E-state index is 12.9. The molecule has 1 atom stereocenters. The Bertz CT molecular complexity index is 1260. The Morgan fingerprint density at radius 3 is 2.58 bits per heavy atom. The van der Waals surface area contributed by atoms with E-state index in [0.717, 1.165) is 12.1 Å². The van der Waals surface area contributed by atoms with E-state index in [0.29, 0.717) is 11.6 Å². The molecule has 2 aromatic carbocycles. The monoisotopic (exact) mass is 455 g/mol. The standard InChI is InChI=1S/C22H16F3N5O3/c1-13(19-29-18(30-33-19)14-5-2-7-16(11-14)22(23,24)25)32-20(31)15-6-3-8-17(12-15)28-21-26-9-4-10-27-21/h2-13H,1H3,(H,26,27,28)/t13-/m1/s1. The van der Waals surface area contributed by atoms with E-state index in [-0.39, 0.29) is 22.8 Å². The van der Waals surface area contributed by atoms with E-state index in [1.54, 1.807) is 42.7 Å². The second-order valence-corrected chi connectivity index (χ2v) is 6.86. The van der Waals surface area contributed by atoms with Crippen LogP contribution in [-0.2, 0) is 10.9 Å². The van der Waals surface area contributed by atoms with Gasteiger partial charge in [-0.2, -0.15) is 18.2 Å². The van der Waals surface area contributed by atoms with Crippen LogP contribution in [0, 0.1) is 0 Å². The number of hydrogen-bond acceptors (Lipinski definition) is 8. The molecule has 0 aliphatic carbocycles. The predicted molar refractivity (Wildman–Crippen MR) is 110 cm³/mol. The molecule has 1 N–H and O–H groups in total. The zero-order chi connectivity index (χ0) is 23.4. The zero-order valence-corrected chi connectivity index (χ0v) is 17.1. The van der Waals surface area contributed by atoms with Crippen molar-refractivity contribution in [3.05, 3.63) is 84.0 Å². The molecule has 0 amide bonds. The number of benzene rings is 2. The largest absolute Gasteiger partial charge is 0.449 e. The summed E-state index contributed by atoms with van der Waals surface area (Å²) in [6.45, 7) is 1.52. The molecule has 4 rings (SSSR count). The van der Waals surface area contributed by atoms with E-state index >= 15 is 0 Å². The maximum absolute atomic E-state index is 12.9. The van der Waals surface area contributed by atoms with E-state index in [1.807, 2.05) is 0 Å². The molecule has 0 spiro atoms. The van der Waals surface area contributed by atoms with Crippen molar-refractivity contribution in [2.24, 2.45) is 0 Å².